The van der Waals surface area contributed by atoms with Crippen molar-refractivity contribution in [1.29, 1.82) is 0 Å². The van der Waals surface area contributed by atoms with Gasteiger partial charge in [-0.1, -0.05) is 27.7 Å². The lowest BCUT2D eigenvalue weighted by molar-refractivity contribution is 0.0930. The van der Waals surface area contributed by atoms with Crippen molar-refractivity contribution < 1.29 is 18.7 Å². The van der Waals surface area contributed by atoms with E-state index in [0.717, 1.165) is 40.7 Å². The summed E-state index contributed by atoms with van der Waals surface area (Å²) in [4.78, 5) is 17.4. The lowest BCUT2D eigenvalue weighted by Gasteiger charge is -2.43. The van der Waals surface area contributed by atoms with Gasteiger partial charge in [0.2, 0.25) is 0 Å². The van der Waals surface area contributed by atoms with Gasteiger partial charge in [0.05, 0.1) is 12.8 Å². The van der Waals surface area contributed by atoms with Crippen molar-refractivity contribution in [3.05, 3.63) is 58.0 Å². The van der Waals surface area contributed by atoms with Crippen LogP contribution < -0.4 is 20.3 Å². The van der Waals surface area contributed by atoms with Crippen molar-refractivity contribution in [2.75, 3.05) is 12.5 Å². The van der Waals surface area contributed by atoms with Crippen molar-refractivity contribution >= 4 is 22.8 Å². The summed E-state index contributed by atoms with van der Waals surface area (Å²) in [6.45, 7) is 15.1. The Hall–Kier alpha value is -4.01. The molecule has 0 aliphatic heterocycles. The number of amides is 1. The molecule has 9 heteroatoms. The molecule has 0 saturated carbocycles. The zero-order valence-electron chi connectivity index (χ0n) is 24.2. The molecule has 0 saturated heterocycles. The molecule has 1 aromatic carbocycles. The molecule has 5 rings (SSSR count). The third-order valence-corrected chi connectivity index (χ3v) is 7.96. The maximum absolute atomic E-state index is 12.8. The van der Waals surface area contributed by atoms with Crippen LogP contribution in [-0.4, -0.2) is 27.8 Å². The summed E-state index contributed by atoms with van der Waals surface area (Å²) in [5.74, 6) is 1.59. The fourth-order valence-corrected chi connectivity index (χ4v) is 5.84. The van der Waals surface area contributed by atoms with Gasteiger partial charge in [-0.2, -0.15) is 5.10 Å². The van der Waals surface area contributed by atoms with Crippen LogP contribution in [0.1, 0.15) is 79.0 Å². The highest BCUT2D eigenvalue weighted by Gasteiger charge is 2.40. The fraction of sp³-hybridized carbons (Fsp3) is 0.433. The summed E-state index contributed by atoms with van der Waals surface area (Å²) in [5, 5.41) is 5.43. The average Bonchev–Trinajstić information content (AvgIpc) is 3.45. The Morgan fingerprint density at radius 2 is 1.79 bits per heavy atom. The third-order valence-electron chi connectivity index (χ3n) is 7.96. The van der Waals surface area contributed by atoms with Crippen molar-refractivity contribution in [2.24, 2.45) is 7.05 Å². The maximum atomic E-state index is 12.8. The van der Waals surface area contributed by atoms with E-state index in [-0.39, 0.29) is 22.5 Å². The highest BCUT2D eigenvalue weighted by Crippen LogP contribution is 2.52. The summed E-state index contributed by atoms with van der Waals surface area (Å²) in [6, 6.07) is 7.16. The number of anilines is 1. The first-order valence-corrected chi connectivity index (χ1v) is 13.2. The van der Waals surface area contributed by atoms with Gasteiger partial charge in [-0.05, 0) is 84.9 Å². The number of nitrogens with zero attached hydrogens (tertiary/aromatic N) is 3. The van der Waals surface area contributed by atoms with Gasteiger partial charge in [0.15, 0.2) is 22.9 Å². The molecule has 3 heterocycles. The summed E-state index contributed by atoms with van der Waals surface area (Å²) < 4.78 is 19.5. The Balaban J connectivity index is 1.37. The van der Waals surface area contributed by atoms with Crippen molar-refractivity contribution in [3.8, 4) is 17.4 Å². The van der Waals surface area contributed by atoms with E-state index in [2.05, 4.69) is 61.6 Å². The number of hydrogen-bond donors (Lipinski definition) is 2. The summed E-state index contributed by atoms with van der Waals surface area (Å²) in [7, 11) is 3.48. The van der Waals surface area contributed by atoms with E-state index in [4.69, 9.17) is 13.9 Å². The number of furan rings is 1. The minimum absolute atomic E-state index is 0.00275. The fourth-order valence-electron chi connectivity index (χ4n) is 5.84. The highest BCUT2D eigenvalue weighted by molar-refractivity contribution is 5.92. The molecule has 4 aromatic rings. The van der Waals surface area contributed by atoms with E-state index in [9.17, 15) is 4.79 Å². The Morgan fingerprint density at radius 1 is 1.08 bits per heavy atom. The van der Waals surface area contributed by atoms with Gasteiger partial charge in [0.1, 0.15) is 5.82 Å². The molecule has 1 amide bonds. The van der Waals surface area contributed by atoms with Crippen molar-refractivity contribution in [3.63, 3.8) is 0 Å². The quantitative estimate of drug-likeness (QED) is 0.278. The molecule has 206 valence electrons. The number of aryl methyl sites for hydroxylation is 3. The molecule has 2 N–H and O–H groups in total. The number of methoxy groups -OCH3 is 1. The summed E-state index contributed by atoms with van der Waals surface area (Å²) in [6.07, 6.45) is 2.18. The minimum Gasteiger partial charge on any atom is -0.493 e. The van der Waals surface area contributed by atoms with Gasteiger partial charge in [-0.15, -0.1) is 0 Å². The van der Waals surface area contributed by atoms with E-state index in [1.165, 1.54) is 11.1 Å². The Labute approximate surface area is 228 Å². The smallest absolute Gasteiger partial charge is 0.305 e. The van der Waals surface area contributed by atoms with Gasteiger partial charge in [0, 0.05) is 18.5 Å². The lowest BCUT2D eigenvalue weighted by Crippen LogP contribution is -2.34. The molecular weight excluding hydrogens is 494 g/mol. The second kappa shape index (κ2) is 9.32. The van der Waals surface area contributed by atoms with Crippen LogP contribution in [0.5, 0.6) is 17.4 Å². The number of ether oxygens (including phenoxy) is 2. The first kappa shape index (κ1) is 26.6. The zero-order valence-corrected chi connectivity index (χ0v) is 24.2. The monoisotopic (exact) mass is 531 g/mol. The second-order valence-corrected chi connectivity index (χ2v) is 11.8. The molecule has 39 heavy (non-hydrogen) atoms. The molecule has 0 unspecified atom stereocenters. The number of fused-ring (bicyclic) bond motifs is 2. The predicted octanol–water partition coefficient (Wildman–Crippen LogP) is 6.39. The molecule has 0 spiro atoms. The second-order valence-electron chi connectivity index (χ2n) is 11.8. The molecule has 3 aromatic heterocycles. The SMILES string of the molecule is COc1cc2c(c(C)c1Oc1ccc(C(=O)NNc3cc(C)c4c(C)nn(C)c4n3)o1)C(C)(C)CCC2(C)C. The number of hydrazine groups is 1. The van der Waals surface area contributed by atoms with E-state index in [1.54, 1.807) is 23.9 Å². The summed E-state index contributed by atoms with van der Waals surface area (Å²) in [5.41, 5.74) is 11.8. The lowest BCUT2D eigenvalue weighted by atomic mass is 9.62. The maximum Gasteiger partial charge on any atom is 0.305 e. The van der Waals surface area contributed by atoms with Crippen molar-refractivity contribution in [1.82, 2.24) is 20.2 Å². The van der Waals surface area contributed by atoms with Crippen molar-refractivity contribution in [2.45, 2.75) is 72.1 Å². The van der Waals surface area contributed by atoms with Crippen LogP contribution in [0.15, 0.2) is 28.7 Å². The largest absolute Gasteiger partial charge is 0.493 e. The van der Waals surface area contributed by atoms with Gasteiger partial charge in [-0.3, -0.25) is 20.3 Å². The topological polar surface area (TPSA) is 103 Å². The van der Waals surface area contributed by atoms with Crippen LogP contribution in [0.3, 0.4) is 0 Å². The summed E-state index contributed by atoms with van der Waals surface area (Å²) >= 11 is 0. The number of nitrogens with one attached hydrogen (secondary N) is 2. The van der Waals surface area contributed by atoms with E-state index >= 15 is 0 Å². The first-order chi connectivity index (χ1) is 18.3. The van der Waals surface area contributed by atoms with E-state index < -0.39 is 5.91 Å². The van der Waals surface area contributed by atoms with Crippen LogP contribution in [0, 0.1) is 20.8 Å². The number of hydrogen-bond acceptors (Lipinski definition) is 7. The standard InChI is InChI=1S/C30H37N5O4/c1-16-14-22(31-27-24(16)18(3)34-35(27)8)32-33-28(36)20-10-11-23(38-20)39-26-17(2)25-19(15-21(26)37-9)29(4,5)12-13-30(25,6)7/h10-11,14-15H,12-13H2,1-9H3,(H,31,32)(H,33,36). The Morgan fingerprint density at radius 3 is 2.51 bits per heavy atom. The van der Waals surface area contributed by atoms with Gasteiger partial charge in [0.25, 0.3) is 5.95 Å². The molecule has 0 bridgehead atoms. The van der Waals surface area contributed by atoms with Gasteiger partial charge in [-0.25, -0.2) is 4.98 Å². The van der Waals surface area contributed by atoms with Crippen LogP contribution in [0.25, 0.3) is 11.0 Å². The average molecular weight is 532 g/mol. The predicted molar refractivity (Wildman–Crippen MR) is 151 cm³/mol. The molecule has 0 atom stereocenters. The molecule has 0 fully saturated rings. The number of pyridine rings is 1. The number of benzene rings is 1. The number of rotatable bonds is 6. The highest BCUT2D eigenvalue weighted by atomic mass is 16.6. The molecule has 1 aliphatic carbocycles. The van der Waals surface area contributed by atoms with Crippen LogP contribution in [0.2, 0.25) is 0 Å². The number of carbonyl (C=O) groups excluding carboxylic acids is 1. The normalized spacial score (nSPS) is 15.6. The molecule has 1 aliphatic rings. The zero-order chi connectivity index (χ0) is 28.3. The van der Waals surface area contributed by atoms with Crippen LogP contribution in [0.4, 0.5) is 5.82 Å². The Bertz CT molecular complexity index is 1590. The molecule has 9 nitrogen and oxygen atoms in total. The van der Waals surface area contributed by atoms with Gasteiger partial charge < -0.3 is 13.9 Å². The third kappa shape index (κ3) is 4.60. The van der Waals surface area contributed by atoms with Gasteiger partial charge >= 0.3 is 5.91 Å². The minimum atomic E-state index is -0.456. The number of carbonyl (C=O) groups is 1. The first-order valence-electron chi connectivity index (χ1n) is 13.2. The Kier molecular flexibility index (Phi) is 6.36. The van der Waals surface area contributed by atoms with E-state index in [0.29, 0.717) is 17.3 Å². The number of aromatic nitrogens is 3. The molecular formula is C30H37N5O4. The van der Waals surface area contributed by atoms with Crippen LogP contribution in [-0.2, 0) is 17.9 Å². The van der Waals surface area contributed by atoms with Crippen LogP contribution >= 0.6 is 0 Å². The van der Waals surface area contributed by atoms with E-state index in [1.807, 2.05) is 27.0 Å². The molecule has 0 radical (unpaired) electrons.